The third kappa shape index (κ3) is 4.77. The van der Waals surface area contributed by atoms with Crippen molar-refractivity contribution in [3.05, 3.63) is 64.7 Å². The number of nitrogens with zero attached hydrogens (tertiary/aromatic N) is 1. The van der Waals surface area contributed by atoms with Gasteiger partial charge in [-0.2, -0.15) is 0 Å². The number of hydrogen-bond acceptors (Lipinski definition) is 2. The van der Waals surface area contributed by atoms with Gasteiger partial charge in [0, 0.05) is 10.7 Å². The maximum atomic E-state index is 12.4. The summed E-state index contributed by atoms with van der Waals surface area (Å²) in [5, 5.41) is 3.88. The van der Waals surface area contributed by atoms with Gasteiger partial charge in [0.2, 0.25) is 0 Å². The van der Waals surface area contributed by atoms with Crippen LogP contribution < -0.4 is 15.1 Å². The molecular formula is C21H27ClN3O+. The van der Waals surface area contributed by atoms with E-state index < -0.39 is 0 Å². The van der Waals surface area contributed by atoms with Gasteiger partial charge >= 0.3 is 0 Å². The molecule has 0 unspecified atom stereocenters. The number of amides is 1. The zero-order valence-corrected chi connectivity index (χ0v) is 16.2. The molecule has 4 nitrogen and oxygen atoms in total. The van der Waals surface area contributed by atoms with Gasteiger partial charge in [-0.25, -0.2) is 0 Å². The van der Waals surface area contributed by atoms with Crippen LogP contribution in [-0.4, -0.2) is 38.6 Å². The van der Waals surface area contributed by atoms with Gasteiger partial charge in [0.15, 0.2) is 6.54 Å². The highest BCUT2D eigenvalue weighted by molar-refractivity contribution is 6.30. The largest absolute Gasteiger partial charge is 0.360 e. The maximum absolute atomic E-state index is 12.4. The molecule has 0 aromatic heterocycles. The third-order valence-corrected chi connectivity index (χ3v) is 5.31. The standard InChI is InChI=1S/C21H26ClN3O/c1-16-8-9-19(22)14-20(16)25-12-10-24(11-13-25)15-21(26)23-17(2)18-6-4-3-5-7-18/h3-9,14,17H,10-13,15H2,1-2H3,(H,23,26)/p+1/t17-/m1/s1. The summed E-state index contributed by atoms with van der Waals surface area (Å²) in [5.41, 5.74) is 3.59. The Kier molecular flexibility index (Phi) is 6.17. The van der Waals surface area contributed by atoms with E-state index in [1.165, 1.54) is 16.2 Å². The summed E-state index contributed by atoms with van der Waals surface area (Å²) in [6.45, 7) is 8.47. The minimum Gasteiger partial charge on any atom is -0.360 e. The van der Waals surface area contributed by atoms with E-state index in [1.54, 1.807) is 0 Å². The Morgan fingerprint density at radius 2 is 1.88 bits per heavy atom. The Bertz CT molecular complexity index is 742. The monoisotopic (exact) mass is 372 g/mol. The second kappa shape index (κ2) is 8.56. The molecule has 2 N–H and O–H groups in total. The molecular weight excluding hydrogens is 346 g/mol. The molecule has 5 heteroatoms. The predicted octanol–water partition coefficient (Wildman–Crippen LogP) is 2.23. The minimum atomic E-state index is 0.0403. The van der Waals surface area contributed by atoms with E-state index in [9.17, 15) is 4.79 Å². The lowest BCUT2D eigenvalue weighted by Crippen LogP contribution is -3.16. The van der Waals surface area contributed by atoms with Crippen molar-refractivity contribution in [3.63, 3.8) is 0 Å². The molecule has 0 spiro atoms. The second-order valence-electron chi connectivity index (χ2n) is 7.04. The van der Waals surface area contributed by atoms with Crippen molar-refractivity contribution in [2.45, 2.75) is 19.9 Å². The molecule has 2 aromatic carbocycles. The average molecular weight is 373 g/mol. The Balaban J connectivity index is 1.49. The number of aryl methyl sites for hydroxylation is 1. The second-order valence-corrected chi connectivity index (χ2v) is 7.48. The zero-order valence-electron chi connectivity index (χ0n) is 15.5. The highest BCUT2D eigenvalue weighted by Crippen LogP contribution is 2.24. The highest BCUT2D eigenvalue weighted by atomic mass is 35.5. The van der Waals surface area contributed by atoms with Crippen LogP contribution in [0.4, 0.5) is 5.69 Å². The van der Waals surface area contributed by atoms with E-state index in [1.807, 2.05) is 49.4 Å². The first kappa shape index (κ1) is 18.7. The van der Waals surface area contributed by atoms with E-state index >= 15 is 0 Å². The number of piperazine rings is 1. The van der Waals surface area contributed by atoms with E-state index in [-0.39, 0.29) is 11.9 Å². The number of carbonyl (C=O) groups excluding carboxylic acids is 1. The molecule has 0 aliphatic carbocycles. The number of quaternary nitrogens is 1. The molecule has 1 amide bonds. The van der Waals surface area contributed by atoms with Gasteiger partial charge in [0.25, 0.3) is 5.91 Å². The molecule has 2 aromatic rings. The molecule has 26 heavy (non-hydrogen) atoms. The first-order valence-corrected chi connectivity index (χ1v) is 9.59. The molecule has 0 radical (unpaired) electrons. The first-order valence-electron chi connectivity index (χ1n) is 9.22. The fourth-order valence-electron chi connectivity index (χ4n) is 3.51. The quantitative estimate of drug-likeness (QED) is 0.844. The summed E-state index contributed by atoms with van der Waals surface area (Å²) in [6.07, 6.45) is 0. The van der Waals surface area contributed by atoms with Crippen LogP contribution in [0.25, 0.3) is 0 Å². The van der Waals surface area contributed by atoms with E-state index in [4.69, 9.17) is 11.6 Å². The van der Waals surface area contributed by atoms with Gasteiger partial charge < -0.3 is 15.1 Å². The number of halogens is 1. The summed E-state index contributed by atoms with van der Waals surface area (Å²) in [5.74, 6) is 0.115. The zero-order chi connectivity index (χ0) is 18.5. The number of rotatable bonds is 5. The Morgan fingerprint density at radius 1 is 1.19 bits per heavy atom. The molecule has 3 rings (SSSR count). The maximum Gasteiger partial charge on any atom is 0.275 e. The fraction of sp³-hybridized carbons (Fsp3) is 0.381. The van der Waals surface area contributed by atoms with Crippen molar-refractivity contribution >= 4 is 23.2 Å². The van der Waals surface area contributed by atoms with Crippen molar-refractivity contribution in [1.82, 2.24) is 5.32 Å². The normalized spacial score (nSPS) is 16.3. The van der Waals surface area contributed by atoms with Crippen molar-refractivity contribution in [2.75, 3.05) is 37.6 Å². The summed E-state index contributed by atoms with van der Waals surface area (Å²) in [4.78, 5) is 16.1. The van der Waals surface area contributed by atoms with Crippen LogP contribution >= 0.6 is 11.6 Å². The number of carbonyl (C=O) groups is 1. The van der Waals surface area contributed by atoms with Crippen LogP contribution in [0.15, 0.2) is 48.5 Å². The van der Waals surface area contributed by atoms with E-state index in [0.29, 0.717) is 6.54 Å². The summed E-state index contributed by atoms with van der Waals surface area (Å²) in [6, 6.07) is 16.2. The SMILES string of the molecule is Cc1ccc(Cl)cc1N1CC[NH+](CC(=O)N[C@H](C)c2ccccc2)CC1. The Hall–Kier alpha value is -2.04. The van der Waals surface area contributed by atoms with Crippen molar-refractivity contribution in [1.29, 1.82) is 0 Å². The topological polar surface area (TPSA) is 36.8 Å². The lowest BCUT2D eigenvalue weighted by molar-refractivity contribution is -0.892. The molecule has 1 aliphatic heterocycles. The van der Waals surface area contributed by atoms with Crippen molar-refractivity contribution < 1.29 is 9.69 Å². The van der Waals surface area contributed by atoms with Crippen LogP contribution in [0.5, 0.6) is 0 Å². The predicted molar refractivity (Wildman–Crippen MR) is 107 cm³/mol. The summed E-state index contributed by atoms with van der Waals surface area (Å²) >= 11 is 6.15. The molecule has 1 heterocycles. The Morgan fingerprint density at radius 3 is 2.58 bits per heavy atom. The molecule has 1 fully saturated rings. The van der Waals surface area contributed by atoms with Gasteiger partial charge in [0.1, 0.15) is 0 Å². The lowest BCUT2D eigenvalue weighted by atomic mass is 10.1. The molecule has 0 bridgehead atoms. The van der Waals surface area contributed by atoms with Crippen LogP contribution in [0, 0.1) is 6.92 Å². The van der Waals surface area contributed by atoms with E-state index in [2.05, 4.69) is 23.2 Å². The van der Waals surface area contributed by atoms with Crippen LogP contribution in [0.3, 0.4) is 0 Å². The fourth-order valence-corrected chi connectivity index (χ4v) is 3.67. The average Bonchev–Trinajstić information content (AvgIpc) is 2.65. The smallest absolute Gasteiger partial charge is 0.275 e. The van der Waals surface area contributed by atoms with Crippen LogP contribution in [0.2, 0.25) is 5.02 Å². The van der Waals surface area contributed by atoms with Crippen molar-refractivity contribution in [3.8, 4) is 0 Å². The summed E-state index contributed by atoms with van der Waals surface area (Å²) in [7, 11) is 0. The number of anilines is 1. The highest BCUT2D eigenvalue weighted by Gasteiger charge is 2.23. The number of benzene rings is 2. The van der Waals surface area contributed by atoms with Gasteiger partial charge in [0.05, 0.1) is 32.2 Å². The Labute approximate surface area is 160 Å². The third-order valence-electron chi connectivity index (χ3n) is 5.07. The molecule has 1 atom stereocenters. The molecule has 138 valence electrons. The lowest BCUT2D eigenvalue weighted by Gasteiger charge is -2.34. The summed E-state index contributed by atoms with van der Waals surface area (Å²) < 4.78 is 0. The van der Waals surface area contributed by atoms with Gasteiger partial charge in [-0.1, -0.05) is 48.0 Å². The molecule has 1 aliphatic rings. The van der Waals surface area contributed by atoms with Gasteiger partial charge in [-0.15, -0.1) is 0 Å². The minimum absolute atomic E-state index is 0.0403. The van der Waals surface area contributed by atoms with Crippen molar-refractivity contribution in [2.24, 2.45) is 0 Å². The number of hydrogen-bond donors (Lipinski definition) is 2. The van der Waals surface area contributed by atoms with Gasteiger partial charge in [-0.05, 0) is 37.1 Å². The van der Waals surface area contributed by atoms with Gasteiger partial charge in [-0.3, -0.25) is 4.79 Å². The molecule has 0 saturated carbocycles. The molecule has 1 saturated heterocycles. The van der Waals surface area contributed by atoms with Crippen LogP contribution in [0.1, 0.15) is 24.1 Å². The number of nitrogens with one attached hydrogen (secondary N) is 2. The van der Waals surface area contributed by atoms with Crippen LogP contribution in [-0.2, 0) is 4.79 Å². The first-order chi connectivity index (χ1) is 12.5. The van der Waals surface area contributed by atoms with E-state index in [0.717, 1.165) is 36.8 Å².